The maximum Gasteiger partial charge on any atom is 0.335 e. The zero-order chi connectivity index (χ0) is 20.1. The summed E-state index contributed by atoms with van der Waals surface area (Å²) in [7, 11) is 1.97. The average Bonchev–Trinajstić information content (AvgIpc) is 3.07. The number of hydrogen-bond donors (Lipinski definition) is 0. The zero-order valence-corrected chi connectivity index (χ0v) is 17.7. The first kappa shape index (κ1) is 21.1. The standard InChI is InChI=1S/C16H20ClN5O2S.O2S/c1-20-2-3-22(13(23)10-20)9-11-8-12-14(25-11)15(19-16(17)18-12)21-4-6-24-7-5-21;1-3-2/h8H,2-7,9-10H2,1H3;. The van der Waals surface area contributed by atoms with E-state index in [9.17, 15) is 4.79 Å². The number of ether oxygens (including phenoxy) is 1. The van der Waals surface area contributed by atoms with Crippen molar-refractivity contribution < 1.29 is 17.9 Å². The van der Waals surface area contributed by atoms with Crippen molar-refractivity contribution in [2.75, 3.05) is 57.9 Å². The minimum Gasteiger partial charge on any atom is -0.378 e. The van der Waals surface area contributed by atoms with Crippen LogP contribution < -0.4 is 4.90 Å². The highest BCUT2D eigenvalue weighted by Gasteiger charge is 2.24. The third-order valence-electron chi connectivity index (χ3n) is 4.54. The summed E-state index contributed by atoms with van der Waals surface area (Å²) in [6.07, 6.45) is 0. The van der Waals surface area contributed by atoms with E-state index < -0.39 is 11.6 Å². The highest BCUT2D eigenvalue weighted by atomic mass is 35.5. The van der Waals surface area contributed by atoms with Crippen molar-refractivity contribution in [1.29, 1.82) is 0 Å². The minimum atomic E-state index is -0.750. The summed E-state index contributed by atoms with van der Waals surface area (Å²) in [6.45, 7) is 5.74. The summed E-state index contributed by atoms with van der Waals surface area (Å²) < 4.78 is 23.0. The number of morpholine rings is 1. The number of fused-ring (bicyclic) bond motifs is 1. The summed E-state index contributed by atoms with van der Waals surface area (Å²) in [5.41, 5.74) is 0.850. The number of carbonyl (C=O) groups excluding carboxylic acids is 1. The molecule has 2 aliphatic rings. The molecule has 4 heterocycles. The molecule has 0 bridgehead atoms. The molecule has 4 rings (SSSR count). The van der Waals surface area contributed by atoms with Gasteiger partial charge in [-0.15, -0.1) is 11.3 Å². The normalized spacial score (nSPS) is 18.1. The lowest BCUT2D eigenvalue weighted by atomic mass is 10.3. The van der Waals surface area contributed by atoms with Crippen molar-refractivity contribution in [3.8, 4) is 0 Å². The Hall–Kier alpha value is -1.66. The van der Waals surface area contributed by atoms with E-state index in [0.717, 1.165) is 47.1 Å². The fraction of sp³-hybridized carbons (Fsp3) is 0.562. The van der Waals surface area contributed by atoms with Crippen molar-refractivity contribution in [1.82, 2.24) is 19.8 Å². The second-order valence-corrected chi connectivity index (χ2v) is 8.07. The molecule has 0 aliphatic carbocycles. The van der Waals surface area contributed by atoms with Gasteiger partial charge in [-0.1, -0.05) is 0 Å². The third kappa shape index (κ3) is 5.03. The number of likely N-dealkylation sites (N-methyl/N-ethyl adjacent to an activating group) is 1. The molecule has 2 aromatic rings. The van der Waals surface area contributed by atoms with Crippen LogP contribution >= 0.6 is 22.9 Å². The largest absolute Gasteiger partial charge is 0.378 e. The smallest absolute Gasteiger partial charge is 0.335 e. The molecule has 152 valence electrons. The van der Waals surface area contributed by atoms with E-state index in [1.807, 2.05) is 22.9 Å². The first-order valence-corrected chi connectivity index (χ1v) is 10.5. The van der Waals surface area contributed by atoms with Crippen molar-refractivity contribution in [2.45, 2.75) is 6.54 Å². The van der Waals surface area contributed by atoms with Crippen LogP contribution in [0.25, 0.3) is 10.2 Å². The molecule has 0 spiro atoms. The predicted molar refractivity (Wildman–Crippen MR) is 107 cm³/mol. The average molecular weight is 446 g/mol. The van der Waals surface area contributed by atoms with Gasteiger partial charge in [0.15, 0.2) is 5.82 Å². The third-order valence-corrected chi connectivity index (χ3v) is 5.82. The second kappa shape index (κ2) is 9.70. The molecule has 0 radical (unpaired) electrons. The number of rotatable bonds is 3. The Kier molecular flexibility index (Phi) is 7.30. The van der Waals surface area contributed by atoms with Gasteiger partial charge in [0.25, 0.3) is 0 Å². The summed E-state index contributed by atoms with van der Waals surface area (Å²) in [6, 6.07) is 2.03. The highest BCUT2D eigenvalue weighted by molar-refractivity contribution is 7.51. The molecule has 2 fully saturated rings. The van der Waals surface area contributed by atoms with Crippen molar-refractivity contribution >= 4 is 56.5 Å². The molecular formula is C16H20ClN5O4S2. The van der Waals surface area contributed by atoms with Crippen LogP contribution in [0.5, 0.6) is 0 Å². The second-order valence-electron chi connectivity index (χ2n) is 6.46. The van der Waals surface area contributed by atoms with Crippen LogP contribution in [-0.2, 0) is 27.6 Å². The zero-order valence-electron chi connectivity index (χ0n) is 15.3. The Morgan fingerprint density at radius 2 is 1.93 bits per heavy atom. The number of halogens is 1. The van der Waals surface area contributed by atoms with Gasteiger partial charge in [-0.3, -0.25) is 9.69 Å². The molecule has 2 saturated heterocycles. The predicted octanol–water partition coefficient (Wildman–Crippen LogP) is 0.785. The molecular weight excluding hydrogens is 426 g/mol. The van der Waals surface area contributed by atoms with Crippen LogP contribution in [-0.4, -0.2) is 87.1 Å². The van der Waals surface area contributed by atoms with Crippen LogP contribution in [0.1, 0.15) is 4.88 Å². The molecule has 0 atom stereocenters. The lowest BCUT2D eigenvalue weighted by Crippen LogP contribution is -2.48. The summed E-state index contributed by atoms with van der Waals surface area (Å²) in [4.78, 5) is 28.3. The van der Waals surface area contributed by atoms with Crippen molar-refractivity contribution in [3.05, 3.63) is 16.2 Å². The van der Waals surface area contributed by atoms with Crippen LogP contribution in [0.3, 0.4) is 0 Å². The number of nitrogens with zero attached hydrogens (tertiary/aromatic N) is 5. The molecule has 0 unspecified atom stereocenters. The lowest BCUT2D eigenvalue weighted by Gasteiger charge is -2.31. The van der Waals surface area contributed by atoms with Gasteiger partial charge in [0.05, 0.1) is 36.5 Å². The van der Waals surface area contributed by atoms with E-state index in [2.05, 4.69) is 14.9 Å². The van der Waals surface area contributed by atoms with E-state index in [4.69, 9.17) is 24.8 Å². The SMILES string of the molecule is CN1CCN(Cc2cc3nc(Cl)nc(N4CCOCC4)c3s2)C(=O)C1.O=S=O. The topological polar surface area (TPSA) is 95.9 Å². The van der Waals surface area contributed by atoms with Crippen LogP contribution in [0.2, 0.25) is 5.28 Å². The van der Waals surface area contributed by atoms with Gasteiger partial charge in [-0.2, -0.15) is 13.4 Å². The molecule has 1 amide bonds. The van der Waals surface area contributed by atoms with Crippen LogP contribution in [0.15, 0.2) is 6.07 Å². The van der Waals surface area contributed by atoms with E-state index in [0.29, 0.717) is 26.3 Å². The van der Waals surface area contributed by atoms with Gasteiger partial charge in [0, 0.05) is 31.1 Å². The van der Waals surface area contributed by atoms with Gasteiger partial charge in [0.2, 0.25) is 11.2 Å². The molecule has 0 N–H and O–H groups in total. The number of piperazine rings is 1. The Morgan fingerprint density at radius 1 is 1.21 bits per heavy atom. The maximum atomic E-state index is 12.2. The fourth-order valence-corrected chi connectivity index (χ4v) is 4.48. The first-order valence-electron chi connectivity index (χ1n) is 8.68. The summed E-state index contributed by atoms with van der Waals surface area (Å²) in [5.74, 6) is 1.04. The monoisotopic (exact) mass is 445 g/mol. The summed E-state index contributed by atoms with van der Waals surface area (Å²) in [5, 5.41) is 0.258. The van der Waals surface area contributed by atoms with E-state index in [1.54, 1.807) is 11.3 Å². The molecule has 0 saturated carbocycles. The fourth-order valence-electron chi connectivity index (χ4n) is 3.19. The van der Waals surface area contributed by atoms with Gasteiger partial charge < -0.3 is 14.5 Å². The van der Waals surface area contributed by atoms with Crippen LogP contribution in [0, 0.1) is 0 Å². The molecule has 9 nitrogen and oxygen atoms in total. The molecule has 12 heteroatoms. The molecule has 0 aromatic carbocycles. The quantitative estimate of drug-likeness (QED) is 0.640. The lowest BCUT2D eigenvalue weighted by molar-refractivity contribution is -0.135. The molecule has 28 heavy (non-hydrogen) atoms. The Labute approximate surface area is 174 Å². The van der Waals surface area contributed by atoms with E-state index in [-0.39, 0.29) is 11.2 Å². The van der Waals surface area contributed by atoms with Crippen LogP contribution in [0.4, 0.5) is 5.82 Å². The minimum absolute atomic E-state index is 0.170. The van der Waals surface area contributed by atoms with Gasteiger partial charge in [0.1, 0.15) is 0 Å². The maximum absolute atomic E-state index is 12.2. The number of thiophene rings is 1. The van der Waals surface area contributed by atoms with Crippen molar-refractivity contribution in [3.63, 3.8) is 0 Å². The van der Waals surface area contributed by atoms with Gasteiger partial charge in [-0.25, -0.2) is 4.98 Å². The van der Waals surface area contributed by atoms with Crippen molar-refractivity contribution in [2.24, 2.45) is 0 Å². The first-order chi connectivity index (χ1) is 13.5. The highest BCUT2D eigenvalue weighted by Crippen LogP contribution is 2.34. The number of hydrogen-bond acceptors (Lipinski definition) is 9. The molecule has 2 aliphatic heterocycles. The van der Waals surface area contributed by atoms with Gasteiger partial charge in [-0.05, 0) is 24.7 Å². The number of amides is 1. The Balaban J connectivity index is 0.000000706. The van der Waals surface area contributed by atoms with Gasteiger partial charge >= 0.3 is 11.6 Å². The Morgan fingerprint density at radius 3 is 2.61 bits per heavy atom. The number of carbonyl (C=O) groups is 1. The summed E-state index contributed by atoms with van der Waals surface area (Å²) >= 11 is 7.04. The number of anilines is 1. The van der Waals surface area contributed by atoms with E-state index >= 15 is 0 Å². The molecule has 2 aromatic heterocycles. The Bertz CT molecular complexity index is 883. The number of aromatic nitrogens is 2. The van der Waals surface area contributed by atoms with E-state index in [1.165, 1.54) is 0 Å².